The van der Waals surface area contributed by atoms with E-state index in [1.54, 1.807) is 6.20 Å². The van der Waals surface area contributed by atoms with E-state index in [0.29, 0.717) is 5.92 Å². The molecule has 0 aromatic carbocycles. The lowest BCUT2D eigenvalue weighted by atomic mass is 10.1. The Morgan fingerprint density at radius 3 is 2.58 bits per heavy atom. The monoisotopic (exact) mass is 170 g/mol. The second-order valence-electron chi connectivity index (χ2n) is 3.46. The summed E-state index contributed by atoms with van der Waals surface area (Å²) in [5, 5.41) is 4.09. The second-order valence-corrected chi connectivity index (χ2v) is 3.46. The van der Waals surface area contributed by atoms with E-state index in [-0.39, 0.29) is 0 Å². The van der Waals surface area contributed by atoms with Crippen LogP contribution in [0.5, 0.6) is 0 Å². The van der Waals surface area contributed by atoms with Crippen molar-refractivity contribution >= 4 is 0 Å². The first-order chi connectivity index (χ1) is 5.59. The lowest BCUT2D eigenvalue weighted by Gasteiger charge is -2.01. The van der Waals surface area contributed by atoms with Crippen molar-refractivity contribution in [3.63, 3.8) is 0 Å². The van der Waals surface area contributed by atoms with Crippen LogP contribution in [0.4, 0.5) is 4.39 Å². The molecule has 0 saturated heterocycles. The Labute approximate surface area is 72.4 Å². The normalized spacial score (nSPS) is 13.8. The molecule has 1 unspecified atom stereocenters. The van der Waals surface area contributed by atoms with Crippen LogP contribution in [-0.2, 0) is 6.42 Å². The largest absolute Gasteiger partial charge is 0.239 e. The SMILES string of the molecule is CC(C)Cc1ccn(C(C)F)n1. The van der Waals surface area contributed by atoms with Crippen LogP contribution < -0.4 is 0 Å². The highest BCUT2D eigenvalue weighted by Crippen LogP contribution is 2.09. The van der Waals surface area contributed by atoms with Crippen molar-refractivity contribution < 1.29 is 4.39 Å². The van der Waals surface area contributed by atoms with Gasteiger partial charge < -0.3 is 0 Å². The number of hydrogen-bond acceptors (Lipinski definition) is 1. The number of aromatic nitrogens is 2. The molecule has 3 heteroatoms. The fraction of sp³-hybridized carbons (Fsp3) is 0.667. The van der Waals surface area contributed by atoms with Gasteiger partial charge in [-0.2, -0.15) is 5.10 Å². The molecule has 0 aliphatic carbocycles. The standard InChI is InChI=1S/C9H15FN2/c1-7(2)6-9-4-5-12(11-9)8(3)10/h4-5,7-8H,6H2,1-3H3. The molecule has 1 aromatic rings. The van der Waals surface area contributed by atoms with Gasteiger partial charge in [0, 0.05) is 6.20 Å². The topological polar surface area (TPSA) is 17.8 Å². The van der Waals surface area contributed by atoms with Gasteiger partial charge >= 0.3 is 0 Å². The molecule has 68 valence electrons. The van der Waals surface area contributed by atoms with E-state index < -0.39 is 6.30 Å². The van der Waals surface area contributed by atoms with Crippen LogP contribution in [0, 0.1) is 5.92 Å². The first kappa shape index (κ1) is 9.23. The Kier molecular flexibility index (Phi) is 2.84. The zero-order valence-corrected chi connectivity index (χ0v) is 7.79. The predicted molar refractivity (Wildman–Crippen MR) is 46.6 cm³/mol. The third-order valence-electron chi connectivity index (χ3n) is 1.65. The molecule has 0 spiro atoms. The van der Waals surface area contributed by atoms with Gasteiger partial charge in [0.1, 0.15) is 0 Å². The van der Waals surface area contributed by atoms with Crippen LogP contribution in [0.3, 0.4) is 0 Å². The van der Waals surface area contributed by atoms with E-state index in [4.69, 9.17) is 0 Å². The Hall–Kier alpha value is -0.860. The van der Waals surface area contributed by atoms with Gasteiger partial charge in [-0.1, -0.05) is 13.8 Å². The van der Waals surface area contributed by atoms with Crippen LogP contribution in [0.2, 0.25) is 0 Å². The van der Waals surface area contributed by atoms with Gasteiger partial charge in [-0.15, -0.1) is 0 Å². The van der Waals surface area contributed by atoms with E-state index in [1.165, 1.54) is 11.6 Å². The van der Waals surface area contributed by atoms with Crippen molar-refractivity contribution in [2.24, 2.45) is 5.92 Å². The second kappa shape index (κ2) is 3.70. The molecule has 2 nitrogen and oxygen atoms in total. The summed E-state index contributed by atoms with van der Waals surface area (Å²) in [5.74, 6) is 0.572. The molecule has 0 bridgehead atoms. The summed E-state index contributed by atoms with van der Waals surface area (Å²) in [5.41, 5.74) is 0.967. The average Bonchev–Trinajstić information content (AvgIpc) is 2.34. The van der Waals surface area contributed by atoms with Crippen LogP contribution in [0.1, 0.15) is 32.8 Å². The van der Waals surface area contributed by atoms with Gasteiger partial charge in [-0.25, -0.2) is 9.07 Å². The van der Waals surface area contributed by atoms with Gasteiger partial charge in [-0.05, 0) is 25.3 Å². The van der Waals surface area contributed by atoms with Gasteiger partial charge in [0.05, 0.1) is 5.69 Å². The molecule has 1 aromatic heterocycles. The molecular formula is C9H15FN2. The smallest absolute Gasteiger partial charge is 0.188 e. The molecule has 1 heterocycles. The molecule has 0 N–H and O–H groups in total. The quantitative estimate of drug-likeness (QED) is 0.681. The maximum Gasteiger partial charge on any atom is 0.188 e. The third kappa shape index (κ3) is 2.32. The number of halogens is 1. The van der Waals surface area contributed by atoms with Crippen molar-refractivity contribution in [1.82, 2.24) is 9.78 Å². The van der Waals surface area contributed by atoms with Crippen molar-refractivity contribution in [2.75, 3.05) is 0 Å². The average molecular weight is 170 g/mol. The van der Waals surface area contributed by atoms with Crippen LogP contribution >= 0.6 is 0 Å². The first-order valence-corrected chi connectivity index (χ1v) is 4.27. The van der Waals surface area contributed by atoms with Crippen LogP contribution in [-0.4, -0.2) is 9.78 Å². The highest BCUT2D eigenvalue weighted by molar-refractivity contribution is 4.99. The van der Waals surface area contributed by atoms with E-state index in [9.17, 15) is 4.39 Å². The van der Waals surface area contributed by atoms with Gasteiger partial charge in [0.15, 0.2) is 6.30 Å². The van der Waals surface area contributed by atoms with Gasteiger partial charge in [0.25, 0.3) is 0 Å². The zero-order chi connectivity index (χ0) is 9.14. The van der Waals surface area contributed by atoms with Crippen LogP contribution in [0.25, 0.3) is 0 Å². The van der Waals surface area contributed by atoms with E-state index in [2.05, 4.69) is 18.9 Å². The molecule has 1 rings (SSSR count). The van der Waals surface area contributed by atoms with Crippen molar-refractivity contribution in [2.45, 2.75) is 33.5 Å². The molecule has 12 heavy (non-hydrogen) atoms. The zero-order valence-electron chi connectivity index (χ0n) is 7.79. The summed E-state index contributed by atoms with van der Waals surface area (Å²) < 4.78 is 14.0. The van der Waals surface area contributed by atoms with Crippen molar-refractivity contribution in [3.8, 4) is 0 Å². The number of rotatable bonds is 3. The molecule has 0 fully saturated rings. The van der Waals surface area contributed by atoms with Crippen molar-refractivity contribution in [1.29, 1.82) is 0 Å². The third-order valence-corrected chi connectivity index (χ3v) is 1.65. The molecular weight excluding hydrogens is 155 g/mol. The number of alkyl halides is 1. The lowest BCUT2D eigenvalue weighted by molar-refractivity contribution is 0.244. The number of nitrogens with zero attached hydrogens (tertiary/aromatic N) is 2. The van der Waals surface area contributed by atoms with Gasteiger partial charge in [-0.3, -0.25) is 0 Å². The van der Waals surface area contributed by atoms with E-state index in [1.807, 2.05) is 6.07 Å². The molecule has 1 atom stereocenters. The summed E-state index contributed by atoms with van der Waals surface area (Å²) in [4.78, 5) is 0. The summed E-state index contributed by atoms with van der Waals surface area (Å²) in [6.07, 6.45) is 1.58. The fourth-order valence-electron chi connectivity index (χ4n) is 1.10. The predicted octanol–water partition coefficient (Wildman–Crippen LogP) is 2.57. The minimum Gasteiger partial charge on any atom is -0.239 e. The molecule has 0 amide bonds. The first-order valence-electron chi connectivity index (χ1n) is 4.27. The highest BCUT2D eigenvalue weighted by Gasteiger charge is 2.05. The Balaban J connectivity index is 2.64. The Morgan fingerprint density at radius 1 is 1.50 bits per heavy atom. The Morgan fingerprint density at radius 2 is 2.17 bits per heavy atom. The molecule has 0 radical (unpaired) electrons. The summed E-state index contributed by atoms with van der Waals surface area (Å²) in [6, 6.07) is 1.87. The summed E-state index contributed by atoms with van der Waals surface area (Å²) in [6.45, 7) is 5.72. The van der Waals surface area contributed by atoms with Crippen molar-refractivity contribution in [3.05, 3.63) is 18.0 Å². The van der Waals surface area contributed by atoms with Gasteiger partial charge in [0.2, 0.25) is 0 Å². The van der Waals surface area contributed by atoms with Crippen LogP contribution in [0.15, 0.2) is 12.3 Å². The Bertz CT molecular complexity index is 240. The molecule has 0 aliphatic heterocycles. The number of hydrogen-bond donors (Lipinski definition) is 0. The maximum absolute atomic E-state index is 12.7. The highest BCUT2D eigenvalue weighted by atomic mass is 19.1. The van der Waals surface area contributed by atoms with E-state index >= 15 is 0 Å². The summed E-state index contributed by atoms with van der Waals surface area (Å²) in [7, 11) is 0. The molecule has 0 aliphatic rings. The minimum absolute atomic E-state index is 0.572. The summed E-state index contributed by atoms with van der Waals surface area (Å²) >= 11 is 0. The maximum atomic E-state index is 12.7. The minimum atomic E-state index is -1.02. The fourth-order valence-corrected chi connectivity index (χ4v) is 1.10. The molecule has 0 saturated carbocycles. The van der Waals surface area contributed by atoms with E-state index in [0.717, 1.165) is 12.1 Å². The lowest BCUT2D eigenvalue weighted by Crippen LogP contribution is -2.02.